The number of amides is 1. The number of rotatable bonds is 2. The van der Waals surface area contributed by atoms with E-state index in [1.165, 1.54) is 0 Å². The lowest BCUT2D eigenvalue weighted by molar-refractivity contribution is -0.134. The zero-order chi connectivity index (χ0) is 10.1. The normalized spacial score (nSPS) is 16.1. The van der Waals surface area contributed by atoms with Gasteiger partial charge >= 0.3 is 0 Å². The highest BCUT2D eigenvalue weighted by atomic mass is 16.5. The summed E-state index contributed by atoms with van der Waals surface area (Å²) in [4.78, 5) is 13.0. The smallest absolute Gasteiger partial charge is 0.236 e. The molecule has 1 N–H and O–H groups in total. The van der Waals surface area contributed by atoms with Gasteiger partial charge in [0.15, 0.2) is 0 Å². The molecule has 1 saturated heterocycles. The van der Waals surface area contributed by atoms with E-state index in [4.69, 9.17) is 4.74 Å². The molecule has 1 rings (SSSR count). The second-order valence-electron chi connectivity index (χ2n) is 2.52. The minimum Gasteiger partial charge on any atom is -0.378 e. The van der Waals surface area contributed by atoms with E-state index in [9.17, 15) is 4.79 Å². The molecule has 0 aliphatic carbocycles. The Morgan fingerprint density at radius 3 is 2.38 bits per heavy atom. The molecule has 1 fully saturated rings. The van der Waals surface area contributed by atoms with Gasteiger partial charge in [-0.3, -0.25) is 4.79 Å². The van der Waals surface area contributed by atoms with Gasteiger partial charge < -0.3 is 15.0 Å². The maximum atomic E-state index is 11.2. The first-order chi connectivity index (χ1) is 6.34. The van der Waals surface area contributed by atoms with Crippen LogP contribution in [0.4, 0.5) is 0 Å². The maximum Gasteiger partial charge on any atom is 0.236 e. The van der Waals surface area contributed by atoms with Gasteiger partial charge in [0.1, 0.15) is 0 Å². The molecule has 0 radical (unpaired) electrons. The fraction of sp³-hybridized carbons (Fsp3) is 0.889. The highest BCUT2D eigenvalue weighted by molar-refractivity contribution is 5.78. The number of hydrogen-bond donors (Lipinski definition) is 1. The molecule has 1 amide bonds. The average Bonchev–Trinajstić information content (AvgIpc) is 2.23. The van der Waals surface area contributed by atoms with Gasteiger partial charge in [-0.1, -0.05) is 13.8 Å². The summed E-state index contributed by atoms with van der Waals surface area (Å²) in [7, 11) is 1.78. The van der Waals surface area contributed by atoms with Gasteiger partial charge in [0, 0.05) is 13.1 Å². The van der Waals surface area contributed by atoms with E-state index < -0.39 is 0 Å². The van der Waals surface area contributed by atoms with Gasteiger partial charge in [-0.25, -0.2) is 0 Å². The highest BCUT2D eigenvalue weighted by Gasteiger charge is 2.14. The highest BCUT2D eigenvalue weighted by Crippen LogP contribution is 1.95. The van der Waals surface area contributed by atoms with Crippen LogP contribution in [0.1, 0.15) is 13.8 Å². The van der Waals surface area contributed by atoms with Crippen molar-refractivity contribution in [3.63, 3.8) is 0 Å². The number of ether oxygens (including phenoxy) is 1. The van der Waals surface area contributed by atoms with Crippen LogP contribution in [0.3, 0.4) is 0 Å². The number of hydrogen-bond acceptors (Lipinski definition) is 3. The third-order valence-electron chi connectivity index (χ3n) is 1.69. The molecule has 1 aliphatic rings. The molecule has 0 aromatic rings. The molecule has 0 aromatic heterocycles. The summed E-state index contributed by atoms with van der Waals surface area (Å²) < 4.78 is 5.11. The van der Waals surface area contributed by atoms with Crippen LogP contribution in [0.15, 0.2) is 0 Å². The quantitative estimate of drug-likeness (QED) is 0.668. The van der Waals surface area contributed by atoms with Gasteiger partial charge in [-0.15, -0.1) is 0 Å². The molecule has 78 valence electrons. The van der Waals surface area contributed by atoms with Crippen molar-refractivity contribution in [2.75, 3.05) is 39.9 Å². The third kappa shape index (κ3) is 4.85. The maximum absolute atomic E-state index is 11.2. The van der Waals surface area contributed by atoms with Gasteiger partial charge in [0.25, 0.3) is 0 Å². The molecular formula is C9H20N2O2. The van der Waals surface area contributed by atoms with Gasteiger partial charge in [-0.2, -0.15) is 0 Å². The second-order valence-corrected chi connectivity index (χ2v) is 2.52. The zero-order valence-electron chi connectivity index (χ0n) is 8.80. The number of likely N-dealkylation sites (N-methyl/N-ethyl adjacent to an activating group) is 1. The van der Waals surface area contributed by atoms with Crippen LogP contribution >= 0.6 is 0 Å². The average molecular weight is 188 g/mol. The lowest BCUT2D eigenvalue weighted by atomic mass is 10.4. The lowest BCUT2D eigenvalue weighted by Crippen LogP contribution is -2.44. The van der Waals surface area contributed by atoms with Crippen molar-refractivity contribution < 1.29 is 9.53 Å². The van der Waals surface area contributed by atoms with Crippen molar-refractivity contribution in [1.29, 1.82) is 0 Å². The zero-order valence-corrected chi connectivity index (χ0v) is 8.80. The van der Waals surface area contributed by atoms with Crippen LogP contribution in [0, 0.1) is 0 Å². The SMILES string of the molecule is CC.CNCC(=O)N1CCOCC1. The summed E-state index contributed by atoms with van der Waals surface area (Å²) in [6, 6.07) is 0. The summed E-state index contributed by atoms with van der Waals surface area (Å²) in [5.41, 5.74) is 0. The van der Waals surface area contributed by atoms with E-state index in [1.807, 2.05) is 18.7 Å². The lowest BCUT2D eigenvalue weighted by Gasteiger charge is -2.26. The monoisotopic (exact) mass is 188 g/mol. The van der Waals surface area contributed by atoms with Crippen molar-refractivity contribution in [3.05, 3.63) is 0 Å². The summed E-state index contributed by atoms with van der Waals surface area (Å²) in [5.74, 6) is 0.163. The summed E-state index contributed by atoms with van der Waals surface area (Å²) in [6.45, 7) is 7.26. The predicted octanol–water partition coefficient (Wildman–Crippen LogP) is 0.0908. The Balaban J connectivity index is 0.000000671. The molecule has 1 heterocycles. The largest absolute Gasteiger partial charge is 0.378 e. The van der Waals surface area contributed by atoms with E-state index in [2.05, 4.69) is 5.32 Å². The van der Waals surface area contributed by atoms with E-state index in [1.54, 1.807) is 7.05 Å². The Hall–Kier alpha value is -0.610. The Morgan fingerprint density at radius 2 is 1.92 bits per heavy atom. The third-order valence-corrected chi connectivity index (χ3v) is 1.69. The molecule has 0 atom stereocenters. The first-order valence-electron chi connectivity index (χ1n) is 4.84. The van der Waals surface area contributed by atoms with Gasteiger partial charge in [0.05, 0.1) is 19.8 Å². The van der Waals surface area contributed by atoms with Crippen molar-refractivity contribution >= 4 is 5.91 Å². The fourth-order valence-electron chi connectivity index (χ4n) is 1.08. The predicted molar refractivity (Wildman–Crippen MR) is 52.7 cm³/mol. The molecular weight excluding hydrogens is 168 g/mol. The number of carbonyl (C=O) groups excluding carboxylic acids is 1. The molecule has 13 heavy (non-hydrogen) atoms. The summed E-state index contributed by atoms with van der Waals surface area (Å²) in [6.07, 6.45) is 0. The van der Waals surface area contributed by atoms with E-state index in [-0.39, 0.29) is 5.91 Å². The molecule has 0 aromatic carbocycles. The number of morpholine rings is 1. The number of nitrogens with zero attached hydrogens (tertiary/aromatic N) is 1. The van der Waals surface area contributed by atoms with Gasteiger partial charge in [-0.05, 0) is 7.05 Å². The van der Waals surface area contributed by atoms with Crippen LogP contribution < -0.4 is 5.32 Å². The summed E-state index contributed by atoms with van der Waals surface area (Å²) in [5, 5.41) is 2.83. The van der Waals surface area contributed by atoms with Crippen molar-refractivity contribution in [2.24, 2.45) is 0 Å². The van der Waals surface area contributed by atoms with Crippen molar-refractivity contribution in [2.45, 2.75) is 13.8 Å². The molecule has 4 nitrogen and oxygen atoms in total. The first-order valence-corrected chi connectivity index (χ1v) is 4.84. The van der Waals surface area contributed by atoms with Crippen LogP contribution in [0.2, 0.25) is 0 Å². The first kappa shape index (κ1) is 12.4. The Kier molecular flexibility index (Phi) is 7.63. The Labute approximate surface area is 80.2 Å². The number of nitrogens with one attached hydrogen (secondary N) is 1. The molecule has 0 saturated carbocycles. The Morgan fingerprint density at radius 1 is 1.38 bits per heavy atom. The number of carbonyl (C=O) groups is 1. The minimum atomic E-state index is 0.163. The van der Waals surface area contributed by atoms with E-state index >= 15 is 0 Å². The van der Waals surface area contributed by atoms with Gasteiger partial charge in [0.2, 0.25) is 5.91 Å². The Bertz CT molecular complexity index is 134. The van der Waals surface area contributed by atoms with Crippen LogP contribution in [-0.2, 0) is 9.53 Å². The van der Waals surface area contributed by atoms with Crippen LogP contribution in [-0.4, -0.2) is 50.7 Å². The molecule has 0 spiro atoms. The topological polar surface area (TPSA) is 41.6 Å². The van der Waals surface area contributed by atoms with Crippen LogP contribution in [0.5, 0.6) is 0 Å². The molecule has 4 heteroatoms. The standard InChI is InChI=1S/C7H14N2O2.C2H6/c1-8-6-7(10)9-2-4-11-5-3-9;1-2/h8H,2-6H2,1H3;1-2H3. The molecule has 0 unspecified atom stereocenters. The summed E-state index contributed by atoms with van der Waals surface area (Å²) >= 11 is 0. The molecule has 1 aliphatic heterocycles. The minimum absolute atomic E-state index is 0.163. The van der Waals surface area contributed by atoms with E-state index in [0.717, 1.165) is 13.1 Å². The van der Waals surface area contributed by atoms with Crippen molar-refractivity contribution in [3.8, 4) is 0 Å². The fourth-order valence-corrected chi connectivity index (χ4v) is 1.08. The van der Waals surface area contributed by atoms with Crippen LogP contribution in [0.25, 0.3) is 0 Å². The van der Waals surface area contributed by atoms with E-state index in [0.29, 0.717) is 19.8 Å². The molecule has 0 bridgehead atoms. The van der Waals surface area contributed by atoms with Crippen molar-refractivity contribution in [1.82, 2.24) is 10.2 Å². The second kappa shape index (κ2) is 8.01.